The van der Waals surface area contributed by atoms with Crippen molar-refractivity contribution in [3.05, 3.63) is 45.0 Å². The maximum Gasteiger partial charge on any atom is 0.287 e. The van der Waals surface area contributed by atoms with Gasteiger partial charge in [0.05, 0.1) is 9.50 Å². The second-order valence-electron chi connectivity index (χ2n) is 3.64. The summed E-state index contributed by atoms with van der Waals surface area (Å²) in [6.07, 6.45) is 0. The van der Waals surface area contributed by atoms with Crippen LogP contribution in [0.1, 0.15) is 16.2 Å². The van der Waals surface area contributed by atoms with E-state index in [0.717, 1.165) is 6.07 Å². The van der Waals surface area contributed by atoms with Crippen molar-refractivity contribution in [3.63, 3.8) is 0 Å². The predicted octanol–water partition coefficient (Wildman–Crippen LogP) is 2.41. The minimum absolute atomic E-state index is 0.0208. The fourth-order valence-electron chi connectivity index (χ4n) is 1.33. The third-order valence-electron chi connectivity index (χ3n) is 2.27. The van der Waals surface area contributed by atoms with Crippen LogP contribution in [0.5, 0.6) is 5.75 Å². The fourth-order valence-corrected chi connectivity index (χ4v) is 2.08. The molecular formula is C11H8BrClFN3O3. The standard InChI is InChI=1S/C11H8BrClFN3O3/c12-6-2-7(13)8(14)3-10(6)19-4-5-1-9(17-20-5)11(18)16-15/h1-3H,4,15H2,(H,16,18). The lowest BCUT2D eigenvalue weighted by molar-refractivity contribution is 0.0944. The van der Waals surface area contributed by atoms with Crippen LogP contribution < -0.4 is 16.0 Å². The molecule has 2 rings (SSSR count). The molecule has 106 valence electrons. The van der Waals surface area contributed by atoms with Gasteiger partial charge in [-0.1, -0.05) is 16.8 Å². The zero-order valence-corrected chi connectivity index (χ0v) is 12.2. The van der Waals surface area contributed by atoms with Crippen molar-refractivity contribution in [3.8, 4) is 5.75 Å². The van der Waals surface area contributed by atoms with Crippen molar-refractivity contribution in [2.75, 3.05) is 0 Å². The highest BCUT2D eigenvalue weighted by Gasteiger charge is 2.13. The van der Waals surface area contributed by atoms with Crippen LogP contribution in [-0.4, -0.2) is 11.1 Å². The minimum atomic E-state index is -0.606. The van der Waals surface area contributed by atoms with Gasteiger partial charge in [0.1, 0.15) is 18.2 Å². The summed E-state index contributed by atoms with van der Waals surface area (Å²) in [5.41, 5.74) is 1.94. The van der Waals surface area contributed by atoms with E-state index in [1.807, 2.05) is 5.43 Å². The van der Waals surface area contributed by atoms with Crippen LogP contribution in [0.25, 0.3) is 0 Å². The number of ether oxygens (including phenoxy) is 1. The summed E-state index contributed by atoms with van der Waals surface area (Å²) in [6, 6.07) is 3.87. The molecular weight excluding hydrogens is 356 g/mol. The number of carbonyl (C=O) groups is 1. The first kappa shape index (κ1) is 14.8. The van der Waals surface area contributed by atoms with Gasteiger partial charge in [0.2, 0.25) is 0 Å². The quantitative estimate of drug-likeness (QED) is 0.376. The Labute approximate surface area is 126 Å². The summed E-state index contributed by atoms with van der Waals surface area (Å²) < 4.78 is 24.0. The van der Waals surface area contributed by atoms with E-state index in [1.54, 1.807) is 0 Å². The van der Waals surface area contributed by atoms with Crippen LogP contribution in [0.2, 0.25) is 5.02 Å². The van der Waals surface area contributed by atoms with E-state index in [4.69, 9.17) is 26.7 Å². The highest BCUT2D eigenvalue weighted by Crippen LogP contribution is 2.31. The number of halogens is 3. The van der Waals surface area contributed by atoms with Crippen LogP contribution in [0.4, 0.5) is 4.39 Å². The Balaban J connectivity index is 2.07. The molecule has 0 atom stereocenters. The fraction of sp³-hybridized carbons (Fsp3) is 0.0909. The lowest BCUT2D eigenvalue weighted by Gasteiger charge is -2.07. The first-order valence-corrected chi connectivity index (χ1v) is 6.42. The molecule has 1 amide bonds. The number of nitrogens with one attached hydrogen (secondary N) is 1. The molecule has 0 fully saturated rings. The molecule has 0 aliphatic carbocycles. The summed E-state index contributed by atoms with van der Waals surface area (Å²) in [4.78, 5) is 11.2. The molecule has 0 saturated heterocycles. The number of benzene rings is 1. The normalized spacial score (nSPS) is 10.4. The Morgan fingerprint density at radius 1 is 1.55 bits per heavy atom. The molecule has 1 aromatic carbocycles. The van der Waals surface area contributed by atoms with Gasteiger partial charge >= 0.3 is 0 Å². The van der Waals surface area contributed by atoms with Gasteiger partial charge in [0, 0.05) is 12.1 Å². The van der Waals surface area contributed by atoms with E-state index in [0.29, 0.717) is 4.47 Å². The second kappa shape index (κ2) is 6.21. The minimum Gasteiger partial charge on any atom is -0.484 e. The highest BCUT2D eigenvalue weighted by molar-refractivity contribution is 9.10. The summed E-state index contributed by atoms with van der Waals surface area (Å²) in [5, 5.41) is 3.48. The van der Waals surface area contributed by atoms with Crippen LogP contribution in [-0.2, 0) is 6.61 Å². The molecule has 1 heterocycles. The Morgan fingerprint density at radius 2 is 2.30 bits per heavy atom. The number of aromatic nitrogens is 1. The van der Waals surface area contributed by atoms with Crippen molar-refractivity contribution >= 4 is 33.4 Å². The third kappa shape index (κ3) is 3.27. The predicted molar refractivity (Wildman–Crippen MR) is 71.6 cm³/mol. The van der Waals surface area contributed by atoms with Crippen LogP contribution in [0.15, 0.2) is 27.2 Å². The van der Waals surface area contributed by atoms with Crippen molar-refractivity contribution in [1.82, 2.24) is 10.6 Å². The maximum absolute atomic E-state index is 13.3. The summed E-state index contributed by atoms with van der Waals surface area (Å²) in [7, 11) is 0. The molecule has 20 heavy (non-hydrogen) atoms. The number of hydrogen-bond donors (Lipinski definition) is 2. The van der Waals surface area contributed by atoms with Gasteiger partial charge in [0.15, 0.2) is 11.5 Å². The van der Waals surface area contributed by atoms with Crippen LogP contribution in [0, 0.1) is 5.82 Å². The topological polar surface area (TPSA) is 90.4 Å². The van der Waals surface area contributed by atoms with Gasteiger partial charge in [-0.05, 0) is 22.0 Å². The van der Waals surface area contributed by atoms with E-state index < -0.39 is 11.7 Å². The molecule has 0 aliphatic rings. The monoisotopic (exact) mass is 363 g/mol. The van der Waals surface area contributed by atoms with Gasteiger partial charge in [-0.3, -0.25) is 10.2 Å². The molecule has 9 heteroatoms. The number of rotatable bonds is 4. The Morgan fingerprint density at radius 3 is 3.00 bits per heavy atom. The van der Waals surface area contributed by atoms with E-state index in [1.165, 1.54) is 12.1 Å². The zero-order valence-electron chi connectivity index (χ0n) is 9.82. The molecule has 3 N–H and O–H groups in total. The summed E-state index contributed by atoms with van der Waals surface area (Å²) in [6.45, 7) is -0.0372. The van der Waals surface area contributed by atoms with Crippen molar-refractivity contribution in [2.24, 2.45) is 5.84 Å². The molecule has 6 nitrogen and oxygen atoms in total. The maximum atomic E-state index is 13.3. The van der Waals surface area contributed by atoms with Gasteiger partial charge in [0.25, 0.3) is 5.91 Å². The number of hydrazine groups is 1. The number of nitrogens with two attached hydrogens (primary N) is 1. The first-order chi connectivity index (χ1) is 9.51. The lowest BCUT2D eigenvalue weighted by Crippen LogP contribution is -2.30. The zero-order chi connectivity index (χ0) is 14.7. The van der Waals surface area contributed by atoms with Crippen LogP contribution >= 0.6 is 27.5 Å². The Kier molecular flexibility index (Phi) is 4.58. The highest BCUT2D eigenvalue weighted by atomic mass is 79.9. The number of nitrogen functional groups attached to an aromatic ring is 1. The van der Waals surface area contributed by atoms with Gasteiger partial charge < -0.3 is 9.26 Å². The average molecular weight is 365 g/mol. The second-order valence-corrected chi connectivity index (χ2v) is 4.90. The van der Waals surface area contributed by atoms with Gasteiger partial charge in [-0.15, -0.1) is 0 Å². The Bertz CT molecular complexity index is 650. The van der Waals surface area contributed by atoms with Crippen molar-refractivity contribution in [1.29, 1.82) is 0 Å². The van der Waals surface area contributed by atoms with E-state index >= 15 is 0 Å². The van der Waals surface area contributed by atoms with Crippen LogP contribution in [0.3, 0.4) is 0 Å². The average Bonchev–Trinajstić information content (AvgIpc) is 2.89. The summed E-state index contributed by atoms with van der Waals surface area (Å²) in [5.74, 6) is 4.29. The Hall–Kier alpha value is -1.64. The van der Waals surface area contributed by atoms with E-state index in [-0.39, 0.29) is 28.8 Å². The van der Waals surface area contributed by atoms with Gasteiger partial charge in [-0.2, -0.15) is 0 Å². The lowest BCUT2D eigenvalue weighted by atomic mass is 10.3. The largest absolute Gasteiger partial charge is 0.484 e. The number of nitrogens with zero attached hydrogens (tertiary/aromatic N) is 1. The smallest absolute Gasteiger partial charge is 0.287 e. The third-order valence-corrected chi connectivity index (χ3v) is 3.18. The molecule has 0 saturated carbocycles. The van der Waals surface area contributed by atoms with E-state index in [9.17, 15) is 9.18 Å². The number of amides is 1. The molecule has 1 aromatic heterocycles. The van der Waals surface area contributed by atoms with Crippen molar-refractivity contribution in [2.45, 2.75) is 6.61 Å². The molecule has 0 radical (unpaired) electrons. The van der Waals surface area contributed by atoms with Gasteiger partial charge in [-0.25, -0.2) is 10.2 Å². The number of hydrogen-bond acceptors (Lipinski definition) is 5. The molecule has 2 aromatic rings. The molecule has 0 spiro atoms. The van der Waals surface area contributed by atoms with E-state index in [2.05, 4.69) is 21.1 Å². The SMILES string of the molecule is NNC(=O)c1cc(COc2cc(F)c(Cl)cc2Br)on1. The molecule has 0 unspecified atom stereocenters. The summed E-state index contributed by atoms with van der Waals surface area (Å²) >= 11 is 8.80. The van der Waals surface area contributed by atoms with Crippen molar-refractivity contribution < 1.29 is 18.4 Å². The number of carbonyl (C=O) groups excluding carboxylic acids is 1. The molecule has 0 bridgehead atoms. The molecule has 0 aliphatic heterocycles. The first-order valence-electron chi connectivity index (χ1n) is 5.25.